The number of hydrogen-bond donors (Lipinski definition) is 4. The highest BCUT2D eigenvalue weighted by molar-refractivity contribution is 7.47. The maximum absolute atomic E-state index is 12.7. The molecule has 0 saturated carbocycles. The Labute approximate surface area is 320 Å². The van der Waals surface area contributed by atoms with E-state index in [1.54, 1.807) is 6.08 Å². The van der Waals surface area contributed by atoms with Crippen molar-refractivity contribution in [3.63, 3.8) is 0 Å². The summed E-state index contributed by atoms with van der Waals surface area (Å²) in [6.45, 7) is 4.10. The molecule has 306 valence electrons. The van der Waals surface area contributed by atoms with Gasteiger partial charge >= 0.3 is 7.82 Å². The third-order valence-electron chi connectivity index (χ3n) is 9.44. The molecular weight excluding hydrogens is 671 g/mol. The Hall–Kier alpha value is -1.28. The number of phosphoric ester groups is 1. The third kappa shape index (κ3) is 37.1. The van der Waals surface area contributed by atoms with Crippen LogP contribution >= 0.6 is 7.82 Å². The van der Waals surface area contributed by atoms with E-state index in [0.29, 0.717) is 6.42 Å². The Bertz CT molecular complexity index is 912. The minimum absolute atomic E-state index is 0.0726. The van der Waals surface area contributed by atoms with Gasteiger partial charge in [0, 0.05) is 13.0 Å². The number of aliphatic hydroxyl groups is 1. The molecule has 3 atom stereocenters. The molecule has 52 heavy (non-hydrogen) atoms. The molecule has 3 unspecified atom stereocenters. The van der Waals surface area contributed by atoms with Crippen molar-refractivity contribution >= 4 is 13.7 Å². The molecule has 0 rings (SSSR count). The SMILES string of the molecule is CCCCCCCC/C=C\CCCCCCCC(=O)NC(COP(=O)(O)OCCN)C(O)/C=C/CC/C=C/CCCCCCCCCCCCCC. The molecule has 9 heteroatoms. The third-order valence-corrected chi connectivity index (χ3v) is 10.4. The van der Waals surface area contributed by atoms with Gasteiger partial charge in [-0.1, -0.05) is 172 Å². The van der Waals surface area contributed by atoms with Crippen LogP contribution in [-0.2, 0) is 18.4 Å². The topological polar surface area (TPSA) is 131 Å². The van der Waals surface area contributed by atoms with Crippen LogP contribution in [0.5, 0.6) is 0 Å². The standard InChI is InChI=1S/C43H83N2O6P/c1-3-5-7-9-11-13-15-17-19-20-21-23-24-26-28-30-32-34-36-42(46)41(40-51-52(48,49)50-39-38-44)45-43(47)37-35-33-31-29-27-25-22-18-16-14-12-10-8-6-4-2/h18,22,26,28,34,36,41-42,46H,3-17,19-21,23-25,27,29-33,35,37-40,44H2,1-2H3,(H,45,47)(H,48,49)/b22-18-,28-26+,36-34+. The number of nitrogens with two attached hydrogens (primary N) is 1. The molecule has 0 aromatic heterocycles. The van der Waals surface area contributed by atoms with Crippen LogP contribution in [0.4, 0.5) is 0 Å². The highest BCUT2D eigenvalue weighted by Gasteiger charge is 2.26. The second-order valence-electron chi connectivity index (χ2n) is 14.5. The van der Waals surface area contributed by atoms with Crippen molar-refractivity contribution in [3.05, 3.63) is 36.5 Å². The van der Waals surface area contributed by atoms with Crippen molar-refractivity contribution in [1.29, 1.82) is 0 Å². The van der Waals surface area contributed by atoms with Gasteiger partial charge in [0.15, 0.2) is 0 Å². The molecule has 8 nitrogen and oxygen atoms in total. The fourth-order valence-corrected chi connectivity index (χ4v) is 6.90. The molecule has 0 heterocycles. The van der Waals surface area contributed by atoms with Gasteiger partial charge in [0.05, 0.1) is 25.4 Å². The number of rotatable bonds is 40. The number of carbonyl (C=O) groups excluding carboxylic acids is 1. The van der Waals surface area contributed by atoms with Gasteiger partial charge < -0.3 is 21.1 Å². The minimum Gasteiger partial charge on any atom is -0.387 e. The molecule has 0 aromatic carbocycles. The van der Waals surface area contributed by atoms with Gasteiger partial charge in [-0.25, -0.2) is 4.57 Å². The number of unbranched alkanes of at least 4 members (excludes halogenated alkanes) is 24. The number of nitrogens with one attached hydrogen (secondary N) is 1. The van der Waals surface area contributed by atoms with Gasteiger partial charge in [0.1, 0.15) is 0 Å². The molecule has 0 aliphatic rings. The summed E-state index contributed by atoms with van der Waals surface area (Å²) in [6, 6.07) is -0.879. The van der Waals surface area contributed by atoms with E-state index in [-0.39, 0.29) is 25.7 Å². The van der Waals surface area contributed by atoms with Crippen LogP contribution in [0, 0.1) is 0 Å². The minimum atomic E-state index is -4.35. The Balaban J connectivity index is 4.29. The Morgan fingerprint density at radius 3 is 1.48 bits per heavy atom. The van der Waals surface area contributed by atoms with Gasteiger partial charge in [0.2, 0.25) is 5.91 Å². The molecule has 1 amide bonds. The summed E-state index contributed by atoms with van der Waals surface area (Å²) in [6.07, 6.45) is 46.2. The first kappa shape index (κ1) is 50.7. The lowest BCUT2D eigenvalue weighted by atomic mass is 10.0. The van der Waals surface area contributed by atoms with Crippen LogP contribution in [0.1, 0.15) is 200 Å². The summed E-state index contributed by atoms with van der Waals surface area (Å²) in [5.41, 5.74) is 5.37. The molecule has 0 aliphatic carbocycles. The largest absolute Gasteiger partial charge is 0.472 e. The monoisotopic (exact) mass is 755 g/mol. The first-order valence-corrected chi connectivity index (χ1v) is 23.1. The molecule has 0 bridgehead atoms. The first-order valence-electron chi connectivity index (χ1n) is 21.6. The lowest BCUT2D eigenvalue weighted by Gasteiger charge is -2.23. The summed E-state index contributed by atoms with van der Waals surface area (Å²) < 4.78 is 22.1. The second kappa shape index (κ2) is 39.4. The zero-order valence-corrected chi connectivity index (χ0v) is 34.7. The van der Waals surface area contributed by atoms with Crippen LogP contribution in [0.3, 0.4) is 0 Å². The average Bonchev–Trinajstić information content (AvgIpc) is 3.13. The summed E-state index contributed by atoms with van der Waals surface area (Å²) in [5, 5.41) is 13.6. The number of carbonyl (C=O) groups is 1. The number of allylic oxidation sites excluding steroid dienone is 5. The fraction of sp³-hybridized carbons (Fsp3) is 0.837. The number of amides is 1. The predicted octanol–water partition coefficient (Wildman–Crippen LogP) is 11.9. The number of hydrogen-bond acceptors (Lipinski definition) is 6. The van der Waals surface area contributed by atoms with E-state index in [4.69, 9.17) is 14.8 Å². The van der Waals surface area contributed by atoms with E-state index < -0.39 is 20.0 Å². The highest BCUT2D eigenvalue weighted by atomic mass is 31.2. The maximum atomic E-state index is 12.7. The van der Waals surface area contributed by atoms with Crippen LogP contribution in [0.2, 0.25) is 0 Å². The summed E-state index contributed by atoms with van der Waals surface area (Å²) in [5.74, 6) is -0.213. The van der Waals surface area contributed by atoms with Crippen molar-refractivity contribution in [2.75, 3.05) is 19.8 Å². The van der Waals surface area contributed by atoms with Gasteiger partial charge in [-0.2, -0.15) is 0 Å². The van der Waals surface area contributed by atoms with E-state index in [2.05, 4.69) is 43.5 Å². The summed E-state index contributed by atoms with van der Waals surface area (Å²) in [4.78, 5) is 22.7. The van der Waals surface area contributed by atoms with E-state index in [9.17, 15) is 19.4 Å². The molecule has 5 N–H and O–H groups in total. The molecule has 0 spiro atoms. The molecule has 0 aliphatic heterocycles. The van der Waals surface area contributed by atoms with Crippen molar-refractivity contribution < 1.29 is 28.4 Å². The summed E-state index contributed by atoms with van der Waals surface area (Å²) >= 11 is 0. The second-order valence-corrected chi connectivity index (χ2v) is 16.0. The van der Waals surface area contributed by atoms with Crippen LogP contribution in [0.15, 0.2) is 36.5 Å². The zero-order chi connectivity index (χ0) is 38.2. The lowest BCUT2D eigenvalue weighted by Crippen LogP contribution is -2.45. The predicted molar refractivity (Wildman–Crippen MR) is 221 cm³/mol. The van der Waals surface area contributed by atoms with Gasteiger partial charge in [-0.3, -0.25) is 13.8 Å². The Morgan fingerprint density at radius 1 is 0.615 bits per heavy atom. The zero-order valence-electron chi connectivity index (χ0n) is 33.8. The smallest absolute Gasteiger partial charge is 0.387 e. The highest BCUT2D eigenvalue weighted by Crippen LogP contribution is 2.43. The number of aliphatic hydroxyl groups excluding tert-OH is 1. The summed E-state index contributed by atoms with van der Waals surface area (Å²) in [7, 11) is -4.35. The quantitative estimate of drug-likeness (QED) is 0.0278. The number of phosphoric acid groups is 1. The van der Waals surface area contributed by atoms with Crippen molar-refractivity contribution in [2.45, 2.75) is 212 Å². The van der Waals surface area contributed by atoms with E-state index in [1.165, 1.54) is 128 Å². The van der Waals surface area contributed by atoms with E-state index in [1.807, 2.05) is 6.08 Å². The normalized spacial score (nSPS) is 14.5. The van der Waals surface area contributed by atoms with E-state index in [0.717, 1.165) is 51.4 Å². The van der Waals surface area contributed by atoms with Crippen LogP contribution < -0.4 is 11.1 Å². The molecule has 0 fully saturated rings. The Morgan fingerprint density at radius 2 is 1.02 bits per heavy atom. The first-order chi connectivity index (χ1) is 25.4. The molecule has 0 radical (unpaired) electrons. The van der Waals surface area contributed by atoms with Crippen LogP contribution in [-0.4, -0.2) is 47.8 Å². The Kier molecular flexibility index (Phi) is 38.4. The molecule has 0 saturated heterocycles. The van der Waals surface area contributed by atoms with Crippen LogP contribution in [0.25, 0.3) is 0 Å². The fourth-order valence-electron chi connectivity index (χ4n) is 6.14. The maximum Gasteiger partial charge on any atom is 0.472 e. The van der Waals surface area contributed by atoms with E-state index >= 15 is 0 Å². The van der Waals surface area contributed by atoms with Gasteiger partial charge in [0.25, 0.3) is 0 Å². The molecular formula is C43H83N2O6P. The average molecular weight is 755 g/mol. The van der Waals surface area contributed by atoms with Crippen molar-refractivity contribution in [3.8, 4) is 0 Å². The lowest BCUT2D eigenvalue weighted by molar-refractivity contribution is -0.123. The van der Waals surface area contributed by atoms with Crippen molar-refractivity contribution in [1.82, 2.24) is 5.32 Å². The molecule has 0 aromatic rings. The van der Waals surface area contributed by atoms with Crippen molar-refractivity contribution in [2.24, 2.45) is 5.73 Å². The van der Waals surface area contributed by atoms with Gasteiger partial charge in [-0.15, -0.1) is 0 Å². The van der Waals surface area contributed by atoms with Gasteiger partial charge in [-0.05, 0) is 57.8 Å².